The lowest BCUT2D eigenvalue weighted by Crippen LogP contribution is -2.04. The van der Waals surface area contributed by atoms with Gasteiger partial charge in [-0.3, -0.25) is 0 Å². The van der Waals surface area contributed by atoms with E-state index in [0.29, 0.717) is 6.54 Å². The number of hydrogen-bond acceptors (Lipinski definition) is 3. The standard InChI is InChI=1S/C11H14N2O2/c1-15-13-7-8(4-5-12)10-6-9(14)2-3-11(10)13/h2-3,6-7,14H,4-5,12H2,1H3. The highest BCUT2D eigenvalue weighted by molar-refractivity contribution is 5.85. The van der Waals surface area contributed by atoms with Crippen LogP contribution >= 0.6 is 0 Å². The third-order valence-corrected chi connectivity index (χ3v) is 2.45. The lowest BCUT2D eigenvalue weighted by atomic mass is 10.1. The predicted octanol–water partition coefficient (Wildman–Crippen LogP) is 0.906. The highest BCUT2D eigenvalue weighted by atomic mass is 16.6. The van der Waals surface area contributed by atoms with Gasteiger partial charge in [-0.1, -0.05) is 0 Å². The second-order valence-corrected chi connectivity index (χ2v) is 3.40. The summed E-state index contributed by atoms with van der Waals surface area (Å²) in [7, 11) is 1.61. The second-order valence-electron chi connectivity index (χ2n) is 3.40. The molecule has 0 atom stereocenters. The van der Waals surface area contributed by atoms with Crippen LogP contribution in [-0.2, 0) is 6.42 Å². The molecule has 0 radical (unpaired) electrons. The first-order chi connectivity index (χ1) is 7.26. The fraction of sp³-hybridized carbons (Fsp3) is 0.273. The molecule has 80 valence electrons. The largest absolute Gasteiger partial charge is 0.508 e. The van der Waals surface area contributed by atoms with Gasteiger partial charge in [0.2, 0.25) is 0 Å². The molecule has 1 aromatic carbocycles. The zero-order chi connectivity index (χ0) is 10.8. The van der Waals surface area contributed by atoms with Crippen molar-refractivity contribution in [3.05, 3.63) is 30.0 Å². The summed E-state index contributed by atoms with van der Waals surface area (Å²) in [6, 6.07) is 5.20. The number of fused-ring (bicyclic) bond motifs is 1. The number of nitrogens with zero attached hydrogens (tertiary/aromatic N) is 1. The van der Waals surface area contributed by atoms with Crippen molar-refractivity contribution in [3.63, 3.8) is 0 Å². The monoisotopic (exact) mass is 206 g/mol. The van der Waals surface area contributed by atoms with E-state index >= 15 is 0 Å². The van der Waals surface area contributed by atoms with E-state index in [4.69, 9.17) is 10.6 Å². The fourth-order valence-electron chi connectivity index (χ4n) is 1.76. The van der Waals surface area contributed by atoms with Crippen molar-refractivity contribution in [3.8, 4) is 5.75 Å². The van der Waals surface area contributed by atoms with E-state index < -0.39 is 0 Å². The van der Waals surface area contributed by atoms with Crippen molar-refractivity contribution in [1.29, 1.82) is 0 Å². The number of aromatic hydroxyl groups is 1. The zero-order valence-electron chi connectivity index (χ0n) is 8.60. The van der Waals surface area contributed by atoms with Crippen LogP contribution < -0.4 is 10.6 Å². The molecular formula is C11H14N2O2. The maximum absolute atomic E-state index is 9.42. The summed E-state index contributed by atoms with van der Waals surface area (Å²) in [6.45, 7) is 0.582. The molecule has 0 aliphatic carbocycles. The molecule has 3 N–H and O–H groups in total. The second kappa shape index (κ2) is 3.82. The Morgan fingerprint density at radius 2 is 2.27 bits per heavy atom. The Labute approximate surface area is 87.8 Å². The molecule has 0 amide bonds. The lowest BCUT2D eigenvalue weighted by molar-refractivity contribution is 0.179. The normalized spacial score (nSPS) is 10.8. The van der Waals surface area contributed by atoms with Crippen molar-refractivity contribution >= 4 is 10.9 Å². The Balaban J connectivity index is 2.64. The van der Waals surface area contributed by atoms with Crippen LogP contribution in [-0.4, -0.2) is 23.5 Å². The van der Waals surface area contributed by atoms with Crippen molar-refractivity contribution in [2.45, 2.75) is 6.42 Å². The van der Waals surface area contributed by atoms with Gasteiger partial charge in [-0.2, -0.15) is 4.73 Å². The molecule has 0 spiro atoms. The molecule has 2 rings (SSSR count). The topological polar surface area (TPSA) is 60.4 Å². The Hall–Kier alpha value is -1.68. The van der Waals surface area contributed by atoms with Crippen LogP contribution in [0.5, 0.6) is 5.75 Å². The summed E-state index contributed by atoms with van der Waals surface area (Å²) in [5, 5.41) is 10.4. The minimum atomic E-state index is 0.259. The van der Waals surface area contributed by atoms with Gasteiger partial charge in [-0.15, -0.1) is 0 Å². The molecule has 0 saturated heterocycles. The SMILES string of the molecule is COn1cc(CCN)c2cc(O)ccc21. The first-order valence-corrected chi connectivity index (χ1v) is 4.83. The van der Waals surface area contributed by atoms with Crippen molar-refractivity contribution in [2.24, 2.45) is 5.73 Å². The van der Waals surface area contributed by atoms with Gasteiger partial charge in [-0.25, -0.2) is 0 Å². The molecule has 0 aliphatic rings. The van der Waals surface area contributed by atoms with Gasteiger partial charge in [0.05, 0.1) is 5.52 Å². The number of aromatic nitrogens is 1. The predicted molar refractivity (Wildman–Crippen MR) is 58.9 cm³/mol. The van der Waals surface area contributed by atoms with Crippen LogP contribution in [0.1, 0.15) is 5.56 Å². The number of nitrogens with two attached hydrogens (primary N) is 1. The van der Waals surface area contributed by atoms with Gasteiger partial charge in [0, 0.05) is 11.6 Å². The highest BCUT2D eigenvalue weighted by Gasteiger charge is 2.08. The van der Waals surface area contributed by atoms with E-state index in [-0.39, 0.29) is 5.75 Å². The summed E-state index contributed by atoms with van der Waals surface area (Å²) in [5.74, 6) is 0.259. The molecule has 0 fully saturated rings. The van der Waals surface area contributed by atoms with Gasteiger partial charge < -0.3 is 15.7 Å². The van der Waals surface area contributed by atoms with Crippen molar-refractivity contribution in [1.82, 2.24) is 4.73 Å². The quantitative estimate of drug-likeness (QED) is 0.784. The molecule has 4 heteroatoms. The Bertz CT molecular complexity index is 477. The van der Waals surface area contributed by atoms with Crippen LogP contribution in [0.25, 0.3) is 10.9 Å². The molecule has 0 aliphatic heterocycles. The average Bonchev–Trinajstić information content (AvgIpc) is 2.57. The highest BCUT2D eigenvalue weighted by Crippen LogP contribution is 2.24. The van der Waals surface area contributed by atoms with Crippen LogP contribution in [0.3, 0.4) is 0 Å². The molecule has 4 nitrogen and oxygen atoms in total. The van der Waals surface area contributed by atoms with Crippen LogP contribution in [0, 0.1) is 0 Å². The number of hydrogen-bond donors (Lipinski definition) is 2. The van der Waals surface area contributed by atoms with Gasteiger partial charge in [0.15, 0.2) is 0 Å². The maximum Gasteiger partial charge on any atom is 0.116 e. The van der Waals surface area contributed by atoms with Gasteiger partial charge in [0.1, 0.15) is 12.9 Å². The van der Waals surface area contributed by atoms with E-state index in [0.717, 1.165) is 22.9 Å². The van der Waals surface area contributed by atoms with E-state index in [1.807, 2.05) is 12.3 Å². The van der Waals surface area contributed by atoms with Gasteiger partial charge in [-0.05, 0) is 36.7 Å². The summed E-state index contributed by atoms with van der Waals surface area (Å²) in [5.41, 5.74) is 7.56. The van der Waals surface area contributed by atoms with Gasteiger partial charge in [0.25, 0.3) is 0 Å². The first-order valence-electron chi connectivity index (χ1n) is 4.83. The molecule has 0 bridgehead atoms. The molecule has 0 saturated carbocycles. The number of benzene rings is 1. The fourth-order valence-corrected chi connectivity index (χ4v) is 1.76. The van der Waals surface area contributed by atoms with Crippen LogP contribution in [0.15, 0.2) is 24.4 Å². The molecular weight excluding hydrogens is 192 g/mol. The number of phenols is 1. The van der Waals surface area contributed by atoms with E-state index in [1.54, 1.807) is 24.0 Å². The number of phenolic OH excluding ortho intramolecular Hbond substituents is 1. The third kappa shape index (κ3) is 1.64. The first kappa shape index (κ1) is 9.86. The van der Waals surface area contributed by atoms with Crippen LogP contribution in [0.2, 0.25) is 0 Å². The number of rotatable bonds is 3. The van der Waals surface area contributed by atoms with E-state index in [1.165, 1.54) is 0 Å². The molecule has 2 aromatic rings. The smallest absolute Gasteiger partial charge is 0.116 e. The van der Waals surface area contributed by atoms with Gasteiger partial charge >= 0.3 is 0 Å². The third-order valence-electron chi connectivity index (χ3n) is 2.45. The lowest BCUT2D eigenvalue weighted by Gasteiger charge is -2.01. The van der Waals surface area contributed by atoms with Crippen LogP contribution in [0.4, 0.5) is 0 Å². The van der Waals surface area contributed by atoms with E-state index in [2.05, 4.69) is 0 Å². The maximum atomic E-state index is 9.42. The Morgan fingerprint density at radius 1 is 1.47 bits per heavy atom. The Kier molecular flexibility index (Phi) is 2.51. The van der Waals surface area contributed by atoms with Crippen molar-refractivity contribution in [2.75, 3.05) is 13.7 Å². The van der Waals surface area contributed by atoms with Crippen molar-refractivity contribution < 1.29 is 9.94 Å². The molecule has 0 unspecified atom stereocenters. The minimum Gasteiger partial charge on any atom is -0.508 e. The zero-order valence-corrected chi connectivity index (χ0v) is 8.60. The summed E-state index contributed by atoms with van der Waals surface area (Å²) in [6.07, 6.45) is 2.67. The summed E-state index contributed by atoms with van der Waals surface area (Å²) < 4.78 is 1.68. The summed E-state index contributed by atoms with van der Waals surface area (Å²) >= 11 is 0. The Morgan fingerprint density at radius 3 is 2.93 bits per heavy atom. The molecule has 15 heavy (non-hydrogen) atoms. The summed E-state index contributed by atoms with van der Waals surface area (Å²) in [4.78, 5) is 5.19. The molecule has 1 heterocycles. The average molecular weight is 206 g/mol. The molecule has 1 aromatic heterocycles. The minimum absolute atomic E-state index is 0.259. The van der Waals surface area contributed by atoms with E-state index in [9.17, 15) is 5.11 Å².